The molecule has 1 aliphatic rings. The molecule has 0 aromatic carbocycles. The number of aliphatic hydroxyl groups is 2. The minimum absolute atomic E-state index is 0. The van der Waals surface area contributed by atoms with E-state index in [9.17, 15) is 38.8 Å². The molecule has 16 nitrogen and oxygen atoms in total. The number of aromatic nitrogens is 2. The molecule has 0 bridgehead atoms. The zero-order valence-electron chi connectivity index (χ0n) is 15.3. The Morgan fingerprint density at radius 3 is 2.53 bits per heavy atom. The summed E-state index contributed by atoms with van der Waals surface area (Å²) in [6.45, 7) is -2.11. The van der Waals surface area contributed by atoms with Crippen molar-refractivity contribution in [1.82, 2.24) is 26.1 Å². The summed E-state index contributed by atoms with van der Waals surface area (Å²) in [6, 6.07) is 0.995. The quantitative estimate of drug-likeness (QED) is 0.166. The Morgan fingerprint density at radius 1 is 1.27 bits per heavy atom. The summed E-state index contributed by atoms with van der Waals surface area (Å²) in [5.74, 6) is -2.18. The van der Waals surface area contributed by atoms with Gasteiger partial charge in [0.05, 0.1) is 13.2 Å². The lowest BCUT2D eigenvalue weighted by atomic mass is 10.1. The molecule has 2 rings (SSSR count). The number of H-pyrrole nitrogens is 1. The van der Waals surface area contributed by atoms with Crippen LogP contribution in [-0.4, -0.2) is 79.6 Å². The molecule has 1 aliphatic heterocycles. The molecule has 17 heteroatoms. The van der Waals surface area contributed by atoms with Crippen LogP contribution in [0.3, 0.4) is 0 Å². The normalized spacial score (nSPS) is 25.2. The molecule has 1 aromatic heterocycles. The number of nitrogens with one attached hydrogen (secondary N) is 3. The van der Waals surface area contributed by atoms with Crippen molar-refractivity contribution in [2.24, 2.45) is 0 Å². The van der Waals surface area contributed by atoms with Crippen molar-refractivity contribution >= 4 is 19.6 Å². The summed E-state index contributed by atoms with van der Waals surface area (Å²) in [5, 5.41) is 32.3. The van der Waals surface area contributed by atoms with Gasteiger partial charge >= 0.3 is 19.4 Å². The van der Waals surface area contributed by atoms with Crippen molar-refractivity contribution in [2.75, 3.05) is 19.7 Å². The minimum Gasteiger partial charge on any atom is -0.480 e. The van der Waals surface area contributed by atoms with E-state index >= 15 is 0 Å². The zero-order chi connectivity index (χ0) is 21.8. The maximum atomic E-state index is 11.9. The van der Waals surface area contributed by atoms with Gasteiger partial charge in [0, 0.05) is 12.3 Å². The fraction of sp³-hybridized carbons (Fsp3) is 0.538. The lowest BCUT2D eigenvalue weighted by Crippen LogP contribution is -2.38. The van der Waals surface area contributed by atoms with E-state index in [2.05, 4.69) is 0 Å². The summed E-state index contributed by atoms with van der Waals surface area (Å²) in [4.78, 5) is 56.1. The first-order valence-electron chi connectivity index (χ1n) is 8.04. The molecule has 2 heterocycles. The first-order valence-corrected chi connectivity index (χ1v) is 9.62. The third kappa shape index (κ3) is 6.82. The molecule has 0 saturated carbocycles. The van der Waals surface area contributed by atoms with Gasteiger partial charge in [-0.15, -0.1) is 0 Å². The number of nitrogens with zero attached hydrogens (tertiary/aromatic N) is 1. The number of carboxylic acid groups (broad SMARTS) is 1. The van der Waals surface area contributed by atoms with Crippen molar-refractivity contribution in [3.63, 3.8) is 0 Å². The van der Waals surface area contributed by atoms with E-state index < -0.39 is 75.1 Å². The molecular weight excluding hydrogens is 433 g/mol. The molecule has 1 amide bonds. The Kier molecular flexibility index (Phi) is 9.01. The third-order valence-electron chi connectivity index (χ3n) is 3.75. The first-order chi connectivity index (χ1) is 13.5. The highest BCUT2D eigenvalue weighted by atomic mass is 31.2. The van der Waals surface area contributed by atoms with E-state index in [-0.39, 0.29) is 6.15 Å². The molecule has 1 aromatic rings. The van der Waals surface area contributed by atoms with Crippen molar-refractivity contribution < 1.29 is 43.6 Å². The van der Waals surface area contributed by atoms with E-state index in [1.807, 2.05) is 15.4 Å². The van der Waals surface area contributed by atoms with E-state index in [4.69, 9.17) is 14.4 Å². The molecule has 1 unspecified atom stereocenters. The van der Waals surface area contributed by atoms with Crippen LogP contribution in [0.15, 0.2) is 21.9 Å². The van der Waals surface area contributed by atoms with Crippen molar-refractivity contribution in [1.29, 1.82) is 0 Å². The molecule has 10 N–H and O–H groups in total. The summed E-state index contributed by atoms with van der Waals surface area (Å²) in [7, 11) is -4.55. The lowest BCUT2D eigenvalue weighted by molar-refractivity contribution is -0.137. The largest absolute Gasteiger partial charge is 0.480 e. The van der Waals surface area contributed by atoms with Gasteiger partial charge in [-0.2, -0.15) is 0 Å². The van der Waals surface area contributed by atoms with Gasteiger partial charge in [0.25, 0.3) is 5.56 Å². The lowest BCUT2D eigenvalue weighted by Gasteiger charge is -2.18. The summed E-state index contributed by atoms with van der Waals surface area (Å²) < 4.78 is 22.7. The number of aliphatic hydroxyl groups excluding tert-OH is 2. The Balaban J connectivity index is 0.00000450. The number of amides is 1. The van der Waals surface area contributed by atoms with Crippen molar-refractivity contribution in [3.8, 4) is 0 Å². The van der Waals surface area contributed by atoms with Crippen LogP contribution in [0.5, 0.6) is 0 Å². The molecule has 170 valence electrons. The number of hydrogen-bond acceptors (Lipinski definition) is 10. The summed E-state index contributed by atoms with van der Waals surface area (Å²) in [5.41, 5.74) is -1.59. The second kappa shape index (κ2) is 10.6. The summed E-state index contributed by atoms with van der Waals surface area (Å²) in [6.07, 6.45) is -4.88. The van der Waals surface area contributed by atoms with E-state index in [0.29, 0.717) is 0 Å². The second-order valence-electron chi connectivity index (χ2n) is 5.89. The highest BCUT2D eigenvalue weighted by molar-refractivity contribution is 7.50. The maximum absolute atomic E-state index is 11.9. The molecule has 5 atom stereocenters. The van der Waals surface area contributed by atoms with E-state index in [1.165, 1.54) is 0 Å². The maximum Gasteiger partial charge on any atom is 0.403 e. The van der Waals surface area contributed by atoms with Gasteiger partial charge in [-0.25, -0.2) is 14.4 Å². The average Bonchev–Trinajstić information content (AvgIpc) is 2.91. The second-order valence-corrected chi connectivity index (χ2v) is 7.50. The topological polar surface area (TPSA) is 265 Å². The molecule has 1 saturated heterocycles. The number of carbonyl (C=O) groups excluding carboxylic acids is 1. The number of aliphatic carboxylic acids is 1. The number of carbonyl (C=O) groups is 2. The van der Waals surface area contributed by atoms with Crippen LogP contribution < -0.4 is 27.8 Å². The monoisotopic (exact) mass is 455 g/mol. The molecular formula is C13H22N5O11P. The van der Waals surface area contributed by atoms with Gasteiger partial charge in [-0.05, 0) is 0 Å². The minimum atomic E-state index is -4.55. The van der Waals surface area contributed by atoms with Crippen LogP contribution in [0.1, 0.15) is 6.23 Å². The average molecular weight is 455 g/mol. The Bertz CT molecular complexity index is 917. The van der Waals surface area contributed by atoms with Gasteiger partial charge < -0.3 is 36.4 Å². The highest BCUT2D eigenvalue weighted by Crippen LogP contribution is 2.38. The highest BCUT2D eigenvalue weighted by Gasteiger charge is 2.45. The fourth-order valence-corrected chi connectivity index (χ4v) is 3.14. The number of ether oxygens (including phenoxy) is 1. The van der Waals surface area contributed by atoms with Gasteiger partial charge in [0.15, 0.2) is 6.23 Å². The Labute approximate surface area is 167 Å². The summed E-state index contributed by atoms with van der Waals surface area (Å²) >= 11 is 0. The predicted molar refractivity (Wildman–Crippen MR) is 96.7 cm³/mol. The van der Waals surface area contributed by atoms with Crippen LogP contribution >= 0.6 is 7.75 Å². The van der Waals surface area contributed by atoms with E-state index in [0.717, 1.165) is 16.8 Å². The van der Waals surface area contributed by atoms with Gasteiger partial charge in [0.1, 0.15) is 24.9 Å². The van der Waals surface area contributed by atoms with Crippen LogP contribution in [0.2, 0.25) is 0 Å². The Morgan fingerprint density at radius 2 is 1.93 bits per heavy atom. The third-order valence-corrected chi connectivity index (χ3v) is 4.81. The number of carboxylic acids is 1. The fourth-order valence-electron chi connectivity index (χ4n) is 2.35. The van der Waals surface area contributed by atoms with Crippen LogP contribution in [-0.2, 0) is 23.4 Å². The van der Waals surface area contributed by atoms with Crippen molar-refractivity contribution in [2.45, 2.75) is 24.5 Å². The SMILES string of the molecule is N.O=C(O)CNC(=O)CNP(=O)(O)OC[C@H]1O[C@@H](n2ccc(=O)[nH]c2=O)[C@H](O)[C@@H]1O. The molecule has 0 spiro atoms. The zero-order valence-corrected chi connectivity index (χ0v) is 16.2. The first kappa shape index (κ1) is 25.6. The molecule has 0 radical (unpaired) electrons. The van der Waals surface area contributed by atoms with Gasteiger partial charge in [-0.3, -0.25) is 28.5 Å². The number of hydrogen-bond donors (Lipinski definition) is 8. The molecule has 1 fully saturated rings. The van der Waals surface area contributed by atoms with Crippen LogP contribution in [0, 0.1) is 0 Å². The van der Waals surface area contributed by atoms with Gasteiger partial charge in [-0.1, -0.05) is 0 Å². The number of aromatic amines is 1. The van der Waals surface area contributed by atoms with Crippen LogP contribution in [0.25, 0.3) is 0 Å². The number of rotatable bonds is 9. The van der Waals surface area contributed by atoms with E-state index in [1.54, 1.807) is 0 Å². The standard InChI is InChI=1S/C13H19N4O11P.H3N/c18-7-1-2-17(13(24)16-7)12-11(23)10(22)6(28-12)5-27-29(25,26)15-3-8(19)14-4-9(20)21;/h1-2,6,10-12,22-23H,3-5H2,(H,14,19)(H,20,21)(H2,15,25,26)(H,16,18,24);1H3/t6-,10-,11-,12-;/m1./s1. The van der Waals surface area contributed by atoms with Gasteiger partial charge in [0.2, 0.25) is 5.91 Å². The predicted octanol–water partition coefficient (Wildman–Crippen LogP) is -3.77. The smallest absolute Gasteiger partial charge is 0.403 e. The van der Waals surface area contributed by atoms with Crippen LogP contribution in [0.4, 0.5) is 0 Å². The Hall–Kier alpha value is -2.43. The molecule has 30 heavy (non-hydrogen) atoms. The molecule has 0 aliphatic carbocycles. The van der Waals surface area contributed by atoms with Crippen molar-refractivity contribution in [3.05, 3.63) is 33.1 Å².